The Morgan fingerprint density at radius 1 is 0.548 bits per heavy atom. The van der Waals surface area contributed by atoms with Crippen LogP contribution in [-0.4, -0.2) is 3.90 Å². The Labute approximate surface area is 202 Å². The van der Waals surface area contributed by atoms with Crippen molar-refractivity contribution < 1.29 is 19.4 Å². The molecule has 0 aliphatic heterocycles. The molecule has 4 rings (SSSR count). The van der Waals surface area contributed by atoms with Crippen molar-refractivity contribution in [2.75, 3.05) is 0 Å². The van der Waals surface area contributed by atoms with E-state index < -0.39 is 0 Å². The summed E-state index contributed by atoms with van der Waals surface area (Å²) in [5.74, 6) is 0. The summed E-state index contributed by atoms with van der Waals surface area (Å²) in [6.07, 6.45) is 5.60. The first-order valence-electron chi connectivity index (χ1n) is 11.1. The van der Waals surface area contributed by atoms with Crippen LogP contribution in [0, 0.1) is 10.8 Å². The van der Waals surface area contributed by atoms with E-state index in [9.17, 15) is 0 Å². The molecule has 1 heteroatoms. The Hall–Kier alpha value is -1.78. The van der Waals surface area contributed by atoms with Crippen molar-refractivity contribution >= 4 is 20.7 Å². The van der Waals surface area contributed by atoms with E-state index >= 15 is 0 Å². The third-order valence-corrected chi connectivity index (χ3v) is 4.53. The van der Waals surface area contributed by atoms with E-state index in [-0.39, 0.29) is 0 Å². The molecule has 166 valence electrons. The molecule has 0 saturated heterocycles. The van der Waals surface area contributed by atoms with Gasteiger partial charge in [-0.1, -0.05) is 104 Å². The number of fused-ring (bicyclic) bond motifs is 2. The van der Waals surface area contributed by atoms with E-state index in [1.165, 1.54) is 25.8 Å². The maximum Gasteiger partial charge on any atom is -0.0184 e. The normalized spacial score (nSPS) is 12.3. The molecule has 1 aliphatic carbocycles. The maximum absolute atomic E-state index is 2.23. The van der Waals surface area contributed by atoms with Crippen LogP contribution in [-0.2, 0) is 25.8 Å². The predicted octanol–water partition coefficient (Wildman–Crippen LogP) is 8.92. The van der Waals surface area contributed by atoms with Crippen molar-refractivity contribution in [2.24, 2.45) is 10.8 Å². The molecule has 0 spiro atoms. The average molecular weight is 584 g/mol. The molecular weight excluding hydrogens is 544 g/mol. The number of hydrogen-bond donors (Lipinski definition) is 0. The second kappa shape index (κ2) is 12.9. The minimum Gasteiger partial charge on any atom is -0.0616 e. The van der Waals surface area contributed by atoms with Crippen molar-refractivity contribution in [1.29, 1.82) is 0 Å². The van der Waals surface area contributed by atoms with E-state index in [4.69, 9.17) is 0 Å². The average Bonchev–Trinajstić information content (AvgIpc) is 2.66. The summed E-state index contributed by atoms with van der Waals surface area (Å²) < 4.78 is 1.53. The fourth-order valence-corrected chi connectivity index (χ4v) is 3.22. The molecule has 0 radical (unpaired) electrons. The molecule has 0 unspecified atom stereocenters. The van der Waals surface area contributed by atoms with Crippen LogP contribution in [0.15, 0.2) is 78.9 Å². The van der Waals surface area contributed by atoms with Gasteiger partial charge in [0.1, 0.15) is 0 Å². The summed E-state index contributed by atoms with van der Waals surface area (Å²) in [6, 6.07) is 25.3. The molecule has 0 N–H and O–H groups in total. The minimum atomic E-state index is 0.500. The van der Waals surface area contributed by atoms with Gasteiger partial charge < -0.3 is 0 Å². The summed E-state index contributed by atoms with van der Waals surface area (Å²) in [4.78, 5) is 0. The fourth-order valence-electron chi connectivity index (χ4n) is 2.42. The van der Waals surface area contributed by atoms with E-state index in [0.717, 1.165) is 6.42 Å². The summed E-state index contributed by atoms with van der Waals surface area (Å²) in [6.45, 7) is 17.5. The van der Waals surface area contributed by atoms with Gasteiger partial charge in [-0.15, -0.1) is 0 Å². The van der Waals surface area contributed by atoms with Crippen LogP contribution in [0.5, 0.6) is 0 Å². The molecule has 0 nitrogen and oxygen atoms in total. The monoisotopic (exact) mass is 584 g/mol. The molecule has 1 aliphatic rings. The molecule has 0 amide bonds. The molecule has 0 aromatic heterocycles. The second-order valence-electron chi connectivity index (χ2n) is 11.0. The van der Waals surface area contributed by atoms with Gasteiger partial charge in [0.05, 0.1) is 0 Å². The molecule has 3 aromatic carbocycles. The Balaban J connectivity index is 0.000000222. The third-order valence-electron chi connectivity index (χ3n) is 3.53. The van der Waals surface area contributed by atoms with Crippen molar-refractivity contribution in [3.8, 4) is 0 Å². The largest absolute Gasteiger partial charge is 0.0616 e. The Morgan fingerprint density at radius 2 is 0.903 bits per heavy atom. The van der Waals surface area contributed by atoms with Gasteiger partial charge in [-0.25, -0.2) is 0 Å². The zero-order valence-corrected chi connectivity index (χ0v) is 23.6. The quantitative estimate of drug-likeness (QED) is 0.248. The van der Waals surface area contributed by atoms with Crippen molar-refractivity contribution in [3.05, 3.63) is 90.0 Å². The van der Waals surface area contributed by atoms with Crippen LogP contribution in [0.25, 0.3) is 16.8 Å². The summed E-state index contributed by atoms with van der Waals surface area (Å²) in [5, 5.41) is 2.62. The van der Waals surface area contributed by atoms with Crippen LogP contribution < -0.4 is 0 Å². The van der Waals surface area contributed by atoms with Gasteiger partial charge in [0, 0.05) is 0 Å². The van der Waals surface area contributed by atoms with Crippen molar-refractivity contribution in [2.45, 2.75) is 61.8 Å². The molecule has 0 fully saturated rings. The van der Waals surface area contributed by atoms with Gasteiger partial charge in [-0.2, -0.15) is 0 Å². The van der Waals surface area contributed by atoms with Crippen LogP contribution in [0.3, 0.4) is 0 Å². The third kappa shape index (κ3) is 14.8. The Kier molecular flexibility index (Phi) is 11.4. The van der Waals surface area contributed by atoms with Gasteiger partial charge in [-0.05, 0) is 21.6 Å². The Morgan fingerprint density at radius 3 is 1.32 bits per heavy atom. The van der Waals surface area contributed by atoms with E-state index in [2.05, 4.69) is 140 Å². The van der Waals surface area contributed by atoms with Crippen LogP contribution >= 0.6 is 0 Å². The molecule has 0 bridgehead atoms. The molecule has 31 heavy (non-hydrogen) atoms. The summed E-state index contributed by atoms with van der Waals surface area (Å²) >= 11 is 1.59. The van der Waals surface area contributed by atoms with Crippen LogP contribution in [0.4, 0.5) is 0 Å². The molecule has 3 aromatic rings. The minimum absolute atomic E-state index is 0.500. The maximum atomic E-state index is 2.23. The SMILES string of the molecule is CC(C)(C)C.CC(C)(C)C.[W]=[C]1C=Cc2ccccc2C1.c1ccc2ccccc2c1. The Bertz CT molecular complexity index is 876. The molecule has 0 heterocycles. The predicted molar refractivity (Wildman–Crippen MR) is 138 cm³/mol. The number of hydrogen-bond acceptors (Lipinski definition) is 0. The van der Waals surface area contributed by atoms with Gasteiger partial charge in [0.15, 0.2) is 0 Å². The topological polar surface area (TPSA) is 0 Å². The number of allylic oxidation sites excluding steroid dienone is 1. The first-order chi connectivity index (χ1) is 14.3. The molecule has 0 atom stereocenters. The first kappa shape index (κ1) is 27.3. The zero-order valence-electron chi connectivity index (χ0n) is 20.7. The van der Waals surface area contributed by atoms with Gasteiger partial charge in [0.25, 0.3) is 0 Å². The standard InChI is InChI=1S/2C10H8.2C5H12.W/c2*1-2-6-10-8-4-3-7-9(10)5-1;2*1-5(2,3)4;/h1-3,5-7H,8H2;1-8H;2*1-4H3;. The van der Waals surface area contributed by atoms with Crippen molar-refractivity contribution in [1.82, 2.24) is 0 Å². The second-order valence-corrected chi connectivity index (χ2v) is 12.9. The summed E-state index contributed by atoms with van der Waals surface area (Å²) in [5.41, 5.74) is 3.86. The van der Waals surface area contributed by atoms with Gasteiger partial charge >= 0.3 is 77.2 Å². The molecular formula is C30H40W. The van der Waals surface area contributed by atoms with Gasteiger partial charge in [0.2, 0.25) is 0 Å². The fraction of sp³-hybridized carbons (Fsp3) is 0.367. The first-order valence-corrected chi connectivity index (χ1v) is 12.5. The number of rotatable bonds is 0. The van der Waals surface area contributed by atoms with E-state index in [1.54, 1.807) is 19.4 Å². The smallest absolute Gasteiger partial charge is 0.0184 e. The summed E-state index contributed by atoms with van der Waals surface area (Å²) in [7, 11) is 0. The van der Waals surface area contributed by atoms with Crippen LogP contribution in [0.1, 0.15) is 66.5 Å². The van der Waals surface area contributed by atoms with Crippen molar-refractivity contribution in [3.63, 3.8) is 0 Å². The van der Waals surface area contributed by atoms with E-state index in [0.29, 0.717) is 10.8 Å². The zero-order chi connectivity index (χ0) is 23.5. The van der Waals surface area contributed by atoms with Gasteiger partial charge in [-0.3, -0.25) is 0 Å². The van der Waals surface area contributed by atoms with Crippen LogP contribution in [0.2, 0.25) is 0 Å². The molecule has 0 saturated carbocycles. The number of benzene rings is 3. The van der Waals surface area contributed by atoms with E-state index in [1.807, 2.05) is 0 Å².